The van der Waals surface area contributed by atoms with E-state index in [9.17, 15) is 27.2 Å². The van der Waals surface area contributed by atoms with Crippen molar-refractivity contribution in [1.82, 2.24) is 9.13 Å². The van der Waals surface area contributed by atoms with Crippen molar-refractivity contribution in [2.75, 3.05) is 0 Å². The summed E-state index contributed by atoms with van der Waals surface area (Å²) in [4.78, 5) is 23.5. The summed E-state index contributed by atoms with van der Waals surface area (Å²) in [5.74, 6) is 0. The van der Waals surface area contributed by atoms with E-state index >= 15 is 0 Å². The van der Waals surface area contributed by atoms with Crippen molar-refractivity contribution in [1.29, 1.82) is 0 Å². The average molecular weight is 313 g/mol. The van der Waals surface area contributed by atoms with Crippen LogP contribution in [-0.4, -0.2) is 9.13 Å². The van der Waals surface area contributed by atoms with Crippen molar-refractivity contribution < 1.29 is 17.6 Å². The fraction of sp³-hybridized carbons (Fsp3) is 0.273. The topological polar surface area (TPSA) is 44.0 Å². The second-order valence-corrected chi connectivity index (χ2v) is 4.18. The summed E-state index contributed by atoms with van der Waals surface area (Å²) >= 11 is 5.61. The minimum atomic E-state index is -4.84. The number of allylic oxidation sites excluding steroid dienone is 3. The Labute approximate surface area is 115 Å². The summed E-state index contributed by atoms with van der Waals surface area (Å²) in [6.45, 7) is 1.21. The zero-order valence-corrected chi connectivity index (χ0v) is 11.1. The number of nitrogens with zero attached hydrogens (tertiary/aromatic N) is 2. The number of hydrogen-bond donors (Lipinski definition) is 0. The number of hydrogen-bond acceptors (Lipinski definition) is 2. The SMILES string of the molecule is CC(=C(Cl)/C=C/F)n1c(=O)cc(C(F)(F)F)n(C)c1=O. The predicted octanol–water partition coefficient (Wildman–Crippen LogP) is 2.48. The van der Waals surface area contributed by atoms with E-state index in [1.165, 1.54) is 6.92 Å². The molecule has 1 aromatic rings. The molecule has 0 unspecified atom stereocenters. The van der Waals surface area contributed by atoms with Gasteiger partial charge in [0.05, 0.1) is 11.4 Å². The van der Waals surface area contributed by atoms with Crippen molar-refractivity contribution in [2.24, 2.45) is 7.05 Å². The molecule has 0 aromatic carbocycles. The molecule has 0 aliphatic carbocycles. The van der Waals surface area contributed by atoms with E-state index in [1.807, 2.05) is 0 Å². The van der Waals surface area contributed by atoms with Gasteiger partial charge in [0.15, 0.2) is 0 Å². The van der Waals surface area contributed by atoms with E-state index < -0.39 is 23.1 Å². The van der Waals surface area contributed by atoms with Gasteiger partial charge in [0, 0.05) is 18.8 Å². The van der Waals surface area contributed by atoms with Gasteiger partial charge in [0.1, 0.15) is 5.69 Å². The normalized spacial score (nSPS) is 13.8. The molecule has 0 radical (unpaired) electrons. The molecule has 0 saturated carbocycles. The zero-order valence-electron chi connectivity index (χ0n) is 10.3. The molecule has 20 heavy (non-hydrogen) atoms. The molecule has 0 fully saturated rings. The van der Waals surface area contributed by atoms with Crippen LogP contribution >= 0.6 is 11.6 Å². The molecular weight excluding hydrogens is 304 g/mol. The number of alkyl halides is 3. The van der Waals surface area contributed by atoms with Gasteiger partial charge >= 0.3 is 11.9 Å². The largest absolute Gasteiger partial charge is 0.431 e. The Hall–Kier alpha value is -1.83. The standard InChI is InChI=1S/C11H9ClF4N2O2/c1-6(7(12)3-4-13)18-9(19)5-8(11(14,15)16)17(2)10(18)20/h3-5H,1-2H3/b4-3+,7-6?. The van der Waals surface area contributed by atoms with E-state index in [-0.39, 0.29) is 27.7 Å². The highest BCUT2D eigenvalue weighted by molar-refractivity contribution is 6.33. The molecule has 1 heterocycles. The Kier molecular flexibility index (Phi) is 4.59. The van der Waals surface area contributed by atoms with Gasteiger partial charge < -0.3 is 0 Å². The quantitative estimate of drug-likeness (QED) is 0.622. The first-order valence-corrected chi connectivity index (χ1v) is 5.52. The van der Waals surface area contributed by atoms with Crippen molar-refractivity contribution in [3.05, 3.63) is 50.0 Å². The van der Waals surface area contributed by atoms with E-state index in [0.29, 0.717) is 4.57 Å². The van der Waals surface area contributed by atoms with E-state index in [0.717, 1.165) is 13.1 Å². The van der Waals surface area contributed by atoms with Crippen LogP contribution in [0.3, 0.4) is 0 Å². The predicted molar refractivity (Wildman–Crippen MR) is 65.9 cm³/mol. The number of rotatable bonds is 2. The maximum atomic E-state index is 12.6. The van der Waals surface area contributed by atoms with Crippen LogP contribution in [0.4, 0.5) is 17.6 Å². The van der Waals surface area contributed by atoms with Crippen molar-refractivity contribution in [3.63, 3.8) is 0 Å². The van der Waals surface area contributed by atoms with Crippen LogP contribution < -0.4 is 11.2 Å². The van der Waals surface area contributed by atoms with Crippen LogP contribution in [-0.2, 0) is 13.2 Å². The summed E-state index contributed by atoms with van der Waals surface area (Å²) < 4.78 is 50.5. The van der Waals surface area contributed by atoms with Crippen LogP contribution in [0.1, 0.15) is 12.6 Å². The first-order valence-electron chi connectivity index (χ1n) is 5.15. The van der Waals surface area contributed by atoms with Crippen molar-refractivity contribution in [2.45, 2.75) is 13.1 Å². The van der Waals surface area contributed by atoms with Gasteiger partial charge in [0.25, 0.3) is 5.56 Å². The van der Waals surface area contributed by atoms with Gasteiger partial charge in [-0.1, -0.05) is 11.6 Å². The molecular formula is C11H9ClF4N2O2. The van der Waals surface area contributed by atoms with Crippen LogP contribution in [0.5, 0.6) is 0 Å². The van der Waals surface area contributed by atoms with Gasteiger partial charge in [-0.2, -0.15) is 13.2 Å². The van der Waals surface area contributed by atoms with Gasteiger partial charge in [0.2, 0.25) is 0 Å². The van der Waals surface area contributed by atoms with Gasteiger partial charge in [-0.15, -0.1) is 0 Å². The molecule has 0 N–H and O–H groups in total. The summed E-state index contributed by atoms with van der Waals surface area (Å²) in [5, 5.41) is -0.286. The van der Waals surface area contributed by atoms with Gasteiger partial charge in [-0.25, -0.2) is 13.8 Å². The molecule has 0 aliphatic rings. The summed E-state index contributed by atoms with van der Waals surface area (Å²) in [7, 11) is 0.868. The van der Waals surface area contributed by atoms with Crippen LogP contribution in [0.2, 0.25) is 0 Å². The van der Waals surface area contributed by atoms with Crippen molar-refractivity contribution in [3.8, 4) is 0 Å². The molecule has 0 saturated heterocycles. The van der Waals surface area contributed by atoms with E-state index in [1.54, 1.807) is 0 Å². The van der Waals surface area contributed by atoms with Gasteiger partial charge in [-0.05, 0) is 13.0 Å². The molecule has 0 atom stereocenters. The summed E-state index contributed by atoms with van der Waals surface area (Å²) in [5.41, 5.74) is -4.00. The first-order chi connectivity index (χ1) is 9.11. The monoisotopic (exact) mass is 312 g/mol. The Morgan fingerprint density at radius 3 is 2.35 bits per heavy atom. The highest BCUT2D eigenvalue weighted by Gasteiger charge is 2.35. The average Bonchev–Trinajstić information content (AvgIpc) is 2.32. The lowest BCUT2D eigenvalue weighted by molar-refractivity contribution is -0.144. The third-order valence-electron chi connectivity index (χ3n) is 2.50. The number of halogens is 5. The van der Waals surface area contributed by atoms with Gasteiger partial charge in [-0.3, -0.25) is 9.36 Å². The minimum absolute atomic E-state index is 0.0748. The smallest absolute Gasteiger partial charge is 0.292 e. The van der Waals surface area contributed by atoms with Crippen LogP contribution in [0.15, 0.2) is 33.1 Å². The molecule has 4 nitrogen and oxygen atoms in total. The fourth-order valence-corrected chi connectivity index (χ4v) is 1.62. The molecule has 1 rings (SSSR count). The maximum absolute atomic E-state index is 12.6. The second-order valence-electron chi connectivity index (χ2n) is 3.77. The second kappa shape index (κ2) is 5.66. The highest BCUT2D eigenvalue weighted by atomic mass is 35.5. The Balaban J connectivity index is 3.72. The molecule has 0 spiro atoms. The minimum Gasteiger partial charge on any atom is -0.292 e. The van der Waals surface area contributed by atoms with E-state index in [4.69, 9.17) is 11.6 Å². The lowest BCUT2D eigenvalue weighted by Crippen LogP contribution is -2.41. The fourth-order valence-electron chi connectivity index (χ4n) is 1.49. The molecule has 9 heteroatoms. The van der Waals surface area contributed by atoms with E-state index in [2.05, 4.69) is 0 Å². The van der Waals surface area contributed by atoms with Crippen LogP contribution in [0, 0.1) is 0 Å². The zero-order chi connectivity index (χ0) is 15.7. The lowest BCUT2D eigenvalue weighted by atomic mass is 10.3. The lowest BCUT2D eigenvalue weighted by Gasteiger charge is -2.14. The molecule has 1 aromatic heterocycles. The number of aromatic nitrogens is 2. The Bertz CT molecular complexity index is 698. The highest BCUT2D eigenvalue weighted by Crippen LogP contribution is 2.27. The summed E-state index contributed by atoms with van der Waals surface area (Å²) in [6, 6.07) is 0.272. The molecule has 0 bridgehead atoms. The first kappa shape index (κ1) is 16.2. The van der Waals surface area contributed by atoms with Crippen LogP contribution in [0.25, 0.3) is 5.70 Å². The Morgan fingerprint density at radius 2 is 1.90 bits per heavy atom. The third-order valence-corrected chi connectivity index (χ3v) is 2.90. The molecule has 0 aliphatic heterocycles. The maximum Gasteiger partial charge on any atom is 0.431 e. The van der Waals surface area contributed by atoms with Crippen molar-refractivity contribution >= 4 is 17.3 Å². The molecule has 0 amide bonds. The summed E-state index contributed by atoms with van der Waals surface area (Å²) in [6.07, 6.45) is -4.00. The Morgan fingerprint density at radius 1 is 1.35 bits per heavy atom. The molecule has 110 valence electrons. The third kappa shape index (κ3) is 3.01.